The van der Waals surface area contributed by atoms with Crippen LogP contribution in [0.3, 0.4) is 0 Å². The summed E-state index contributed by atoms with van der Waals surface area (Å²) < 4.78 is 18.6. The Morgan fingerprint density at radius 2 is 1.93 bits per heavy atom. The minimum atomic E-state index is -0.991. The van der Waals surface area contributed by atoms with Crippen molar-refractivity contribution in [1.82, 2.24) is 4.90 Å². The number of carbonyl (C=O) groups excluding carboxylic acids is 2. The average Bonchev–Trinajstić information content (AvgIpc) is 2.62. The van der Waals surface area contributed by atoms with E-state index in [2.05, 4.69) is 0 Å². The number of benzene rings is 2. The van der Waals surface area contributed by atoms with E-state index in [9.17, 15) is 24.1 Å². The van der Waals surface area contributed by atoms with Gasteiger partial charge in [0.2, 0.25) is 0 Å². The molecule has 2 aromatic carbocycles. The van der Waals surface area contributed by atoms with Crippen molar-refractivity contribution in [2.45, 2.75) is 6.54 Å². The van der Waals surface area contributed by atoms with Crippen molar-refractivity contribution in [2.75, 3.05) is 13.7 Å². The Morgan fingerprint density at radius 1 is 1.22 bits per heavy atom. The zero-order valence-corrected chi connectivity index (χ0v) is 15.5. The van der Waals surface area contributed by atoms with Crippen molar-refractivity contribution in [2.24, 2.45) is 0 Å². The van der Waals surface area contributed by atoms with Crippen LogP contribution >= 0.6 is 23.2 Å². The summed E-state index contributed by atoms with van der Waals surface area (Å²) in [6, 6.07) is 7.42. The van der Waals surface area contributed by atoms with Crippen molar-refractivity contribution in [3.8, 4) is 0 Å². The molecule has 0 spiro atoms. The van der Waals surface area contributed by atoms with Crippen LogP contribution in [0.5, 0.6) is 0 Å². The molecule has 0 aromatic heterocycles. The number of non-ortho nitro benzene ring substituents is 1. The lowest BCUT2D eigenvalue weighted by atomic mass is 10.2. The normalized spacial score (nSPS) is 10.4. The van der Waals surface area contributed by atoms with Gasteiger partial charge in [-0.05, 0) is 18.2 Å². The second kappa shape index (κ2) is 8.79. The molecule has 7 nitrogen and oxygen atoms in total. The smallest absolute Gasteiger partial charge is 0.340 e. The van der Waals surface area contributed by atoms with E-state index in [1.54, 1.807) is 0 Å². The highest BCUT2D eigenvalue weighted by molar-refractivity contribution is 6.33. The number of esters is 1. The fraction of sp³-hybridized carbons (Fsp3) is 0.176. The molecule has 0 heterocycles. The topological polar surface area (TPSA) is 89.8 Å². The van der Waals surface area contributed by atoms with Gasteiger partial charge in [0.05, 0.1) is 15.5 Å². The maximum absolute atomic E-state index is 13.8. The number of ether oxygens (including phenoxy) is 1. The third-order valence-corrected chi connectivity index (χ3v) is 4.27. The van der Waals surface area contributed by atoms with E-state index in [1.807, 2.05) is 0 Å². The largest absolute Gasteiger partial charge is 0.452 e. The molecule has 0 aliphatic carbocycles. The van der Waals surface area contributed by atoms with E-state index in [4.69, 9.17) is 27.9 Å². The molecule has 0 aliphatic heterocycles. The van der Waals surface area contributed by atoms with Crippen LogP contribution in [-0.2, 0) is 16.1 Å². The Morgan fingerprint density at radius 3 is 2.56 bits per heavy atom. The van der Waals surface area contributed by atoms with E-state index in [0.717, 1.165) is 17.0 Å². The highest BCUT2D eigenvalue weighted by Gasteiger charge is 2.20. The molecule has 0 atom stereocenters. The zero-order valence-electron chi connectivity index (χ0n) is 13.9. The Balaban J connectivity index is 2.01. The van der Waals surface area contributed by atoms with E-state index < -0.39 is 29.2 Å². The van der Waals surface area contributed by atoms with E-state index in [-0.39, 0.29) is 33.4 Å². The maximum Gasteiger partial charge on any atom is 0.340 e. The van der Waals surface area contributed by atoms with Gasteiger partial charge in [-0.25, -0.2) is 9.18 Å². The van der Waals surface area contributed by atoms with Gasteiger partial charge >= 0.3 is 5.97 Å². The summed E-state index contributed by atoms with van der Waals surface area (Å²) in [4.78, 5) is 35.4. The van der Waals surface area contributed by atoms with Gasteiger partial charge in [-0.1, -0.05) is 29.3 Å². The number of hydrogen-bond donors (Lipinski definition) is 0. The second-order valence-corrected chi connectivity index (χ2v) is 6.26. The number of likely N-dealkylation sites (N-methyl/N-ethyl adjacent to an activating group) is 1. The molecule has 0 fully saturated rings. The summed E-state index contributed by atoms with van der Waals surface area (Å²) in [6.45, 7) is -0.778. The summed E-state index contributed by atoms with van der Waals surface area (Å²) in [6.07, 6.45) is 0. The molecule has 2 rings (SSSR count). The predicted molar refractivity (Wildman–Crippen MR) is 96.3 cm³/mol. The van der Waals surface area contributed by atoms with Crippen molar-refractivity contribution in [3.63, 3.8) is 0 Å². The minimum Gasteiger partial charge on any atom is -0.452 e. The molecular formula is C17H13Cl2FN2O5. The molecule has 0 bridgehead atoms. The molecule has 0 aliphatic rings. The molecule has 142 valence electrons. The van der Waals surface area contributed by atoms with Gasteiger partial charge in [-0.15, -0.1) is 0 Å². The van der Waals surface area contributed by atoms with Crippen LogP contribution in [0.1, 0.15) is 15.9 Å². The number of nitrogens with zero attached hydrogens (tertiary/aromatic N) is 2. The Hall–Kier alpha value is -2.71. The van der Waals surface area contributed by atoms with Gasteiger partial charge < -0.3 is 9.64 Å². The molecular weight excluding hydrogens is 402 g/mol. The molecule has 0 radical (unpaired) electrons. The molecule has 0 unspecified atom stereocenters. The number of nitro groups is 1. The van der Waals surface area contributed by atoms with Crippen LogP contribution in [-0.4, -0.2) is 35.4 Å². The molecule has 27 heavy (non-hydrogen) atoms. The first-order chi connectivity index (χ1) is 12.7. The van der Waals surface area contributed by atoms with Gasteiger partial charge in [0.15, 0.2) is 6.61 Å². The number of hydrogen-bond acceptors (Lipinski definition) is 5. The van der Waals surface area contributed by atoms with Crippen LogP contribution in [0.25, 0.3) is 0 Å². The Bertz CT molecular complexity index is 887. The lowest BCUT2D eigenvalue weighted by Gasteiger charge is -2.18. The van der Waals surface area contributed by atoms with Crippen molar-refractivity contribution in [1.29, 1.82) is 0 Å². The summed E-state index contributed by atoms with van der Waals surface area (Å²) in [5.41, 5.74) is -0.453. The zero-order chi connectivity index (χ0) is 20.1. The average molecular weight is 415 g/mol. The Kier molecular flexibility index (Phi) is 6.70. The molecule has 2 aromatic rings. The lowest BCUT2D eigenvalue weighted by molar-refractivity contribution is -0.384. The van der Waals surface area contributed by atoms with Crippen LogP contribution in [0, 0.1) is 15.9 Å². The van der Waals surface area contributed by atoms with Gasteiger partial charge in [-0.2, -0.15) is 0 Å². The highest BCUT2D eigenvalue weighted by atomic mass is 35.5. The van der Waals surface area contributed by atoms with Gasteiger partial charge in [0, 0.05) is 36.3 Å². The molecule has 0 saturated carbocycles. The molecule has 1 amide bonds. The lowest BCUT2D eigenvalue weighted by Crippen LogP contribution is -2.31. The van der Waals surface area contributed by atoms with Crippen LogP contribution in [0.4, 0.5) is 10.1 Å². The second-order valence-electron chi connectivity index (χ2n) is 5.45. The monoisotopic (exact) mass is 414 g/mol. The van der Waals surface area contributed by atoms with Crippen molar-refractivity contribution < 1.29 is 23.6 Å². The summed E-state index contributed by atoms with van der Waals surface area (Å²) in [5, 5.41) is 10.9. The number of nitro benzene ring substituents is 1. The summed E-state index contributed by atoms with van der Waals surface area (Å²) in [5.74, 6) is -2.18. The number of rotatable bonds is 6. The van der Waals surface area contributed by atoms with Crippen molar-refractivity contribution in [3.05, 3.63) is 73.5 Å². The SMILES string of the molecule is CN(Cc1c(F)cccc1Cl)C(=O)COC(=O)c1cc([N+](=O)[O-])ccc1Cl. The molecule has 0 N–H and O–H groups in total. The fourth-order valence-electron chi connectivity index (χ4n) is 2.11. The number of halogens is 3. The minimum absolute atomic E-state index is 0.0513. The van der Waals surface area contributed by atoms with Gasteiger partial charge in [0.1, 0.15) is 5.82 Å². The van der Waals surface area contributed by atoms with Crippen molar-refractivity contribution >= 4 is 40.8 Å². The fourth-order valence-corrected chi connectivity index (χ4v) is 2.52. The Labute approximate surface area is 163 Å². The number of carbonyl (C=O) groups is 2. The van der Waals surface area contributed by atoms with E-state index in [1.165, 1.54) is 31.3 Å². The van der Waals surface area contributed by atoms with E-state index in [0.29, 0.717) is 0 Å². The predicted octanol–water partition coefficient (Wildman–Crippen LogP) is 3.86. The third-order valence-electron chi connectivity index (χ3n) is 3.59. The maximum atomic E-state index is 13.8. The first kappa shape index (κ1) is 20.6. The quantitative estimate of drug-likeness (QED) is 0.406. The van der Waals surface area contributed by atoms with Gasteiger partial charge in [0.25, 0.3) is 11.6 Å². The van der Waals surface area contributed by atoms with Gasteiger partial charge in [-0.3, -0.25) is 14.9 Å². The molecule has 10 heteroatoms. The van der Waals surface area contributed by atoms with Crippen LogP contribution in [0.15, 0.2) is 36.4 Å². The third kappa shape index (κ3) is 5.15. The number of amides is 1. The highest BCUT2D eigenvalue weighted by Crippen LogP contribution is 2.23. The standard InChI is InChI=1S/C17H13Cl2FN2O5/c1-21(8-12-13(18)3-2-4-15(12)20)16(23)9-27-17(24)11-7-10(22(25)26)5-6-14(11)19/h2-7H,8-9H2,1H3. The van der Waals surface area contributed by atoms with E-state index >= 15 is 0 Å². The summed E-state index contributed by atoms with van der Waals surface area (Å²) in [7, 11) is 1.39. The first-order valence-corrected chi connectivity index (χ1v) is 8.24. The molecule has 0 saturated heterocycles. The first-order valence-electron chi connectivity index (χ1n) is 7.48. The summed E-state index contributed by atoms with van der Waals surface area (Å²) >= 11 is 11.8. The van der Waals surface area contributed by atoms with Crippen LogP contribution in [0.2, 0.25) is 10.0 Å². The van der Waals surface area contributed by atoms with Crippen LogP contribution < -0.4 is 0 Å².